The van der Waals surface area contributed by atoms with Gasteiger partial charge in [-0.2, -0.15) is 0 Å². The largest absolute Gasteiger partial charge is 0.426 e. The van der Waals surface area contributed by atoms with E-state index in [2.05, 4.69) is 0 Å². The second kappa shape index (κ2) is 6.62. The van der Waals surface area contributed by atoms with Crippen molar-refractivity contribution in [2.24, 2.45) is 0 Å². The van der Waals surface area contributed by atoms with E-state index in [4.69, 9.17) is 14.2 Å². The van der Waals surface area contributed by atoms with Crippen molar-refractivity contribution in [3.8, 4) is 0 Å². The van der Waals surface area contributed by atoms with Gasteiger partial charge in [-0.05, 0) is 12.5 Å². The molecule has 0 N–H and O–H groups in total. The second-order valence-corrected chi connectivity index (χ2v) is 2.41. The quantitative estimate of drug-likeness (QED) is 0.372. The first-order chi connectivity index (χ1) is 6.15. The number of allylic oxidation sites excluding steroid dienone is 1. The Morgan fingerprint density at radius 3 is 2.23 bits per heavy atom. The highest BCUT2D eigenvalue weighted by molar-refractivity contribution is 5.67. The summed E-state index contributed by atoms with van der Waals surface area (Å²) in [4.78, 5) is 10.7. The zero-order valence-electron chi connectivity index (χ0n) is 8.49. The standard InChI is InChI=1S/C9H16O4/c1-5-6-8(13-7(2)10)9(11-3)12-4/h6,9H,5H2,1-4H3/b8-6+. The van der Waals surface area contributed by atoms with E-state index in [1.807, 2.05) is 6.92 Å². The number of esters is 1. The molecule has 0 rings (SSSR count). The lowest BCUT2D eigenvalue weighted by atomic mass is 10.3. The molecular weight excluding hydrogens is 172 g/mol. The first kappa shape index (κ1) is 12.1. The SMILES string of the molecule is CC/C=C(/OC(C)=O)C(OC)OC. The Balaban J connectivity index is 4.39. The lowest BCUT2D eigenvalue weighted by Gasteiger charge is -2.16. The van der Waals surface area contributed by atoms with Crippen LogP contribution in [-0.4, -0.2) is 26.5 Å². The van der Waals surface area contributed by atoms with Crippen molar-refractivity contribution >= 4 is 5.97 Å². The van der Waals surface area contributed by atoms with Crippen LogP contribution in [0.1, 0.15) is 20.3 Å². The molecule has 4 nitrogen and oxygen atoms in total. The van der Waals surface area contributed by atoms with Crippen LogP contribution in [0.25, 0.3) is 0 Å². The van der Waals surface area contributed by atoms with Gasteiger partial charge in [0.05, 0.1) is 0 Å². The van der Waals surface area contributed by atoms with Crippen LogP contribution < -0.4 is 0 Å². The normalized spacial score (nSPS) is 11.9. The molecule has 0 saturated heterocycles. The fourth-order valence-electron chi connectivity index (χ4n) is 0.882. The average molecular weight is 188 g/mol. The number of carbonyl (C=O) groups excluding carboxylic acids is 1. The molecular formula is C9H16O4. The average Bonchev–Trinajstić information content (AvgIpc) is 2.05. The molecule has 0 aromatic rings. The smallest absolute Gasteiger partial charge is 0.307 e. The maximum absolute atomic E-state index is 10.7. The lowest BCUT2D eigenvalue weighted by Crippen LogP contribution is -2.19. The zero-order chi connectivity index (χ0) is 10.3. The van der Waals surface area contributed by atoms with Gasteiger partial charge in [0.15, 0.2) is 5.76 Å². The predicted molar refractivity (Wildman–Crippen MR) is 47.9 cm³/mol. The van der Waals surface area contributed by atoms with E-state index in [-0.39, 0.29) is 5.97 Å². The zero-order valence-corrected chi connectivity index (χ0v) is 8.49. The Morgan fingerprint density at radius 1 is 1.38 bits per heavy atom. The molecule has 0 aromatic heterocycles. The van der Waals surface area contributed by atoms with Gasteiger partial charge in [-0.15, -0.1) is 0 Å². The third-order valence-electron chi connectivity index (χ3n) is 1.33. The lowest BCUT2D eigenvalue weighted by molar-refractivity contribution is -0.148. The Morgan fingerprint density at radius 2 is 1.92 bits per heavy atom. The van der Waals surface area contributed by atoms with Crippen LogP contribution in [0.2, 0.25) is 0 Å². The van der Waals surface area contributed by atoms with E-state index in [1.54, 1.807) is 6.08 Å². The highest BCUT2D eigenvalue weighted by atomic mass is 16.7. The van der Waals surface area contributed by atoms with E-state index in [0.29, 0.717) is 5.76 Å². The fraction of sp³-hybridized carbons (Fsp3) is 0.667. The summed E-state index contributed by atoms with van der Waals surface area (Å²) in [5.74, 6) is 0.0267. The number of ether oxygens (including phenoxy) is 3. The molecule has 0 radical (unpaired) electrons. The third kappa shape index (κ3) is 4.65. The molecule has 0 spiro atoms. The summed E-state index contributed by atoms with van der Waals surface area (Å²) in [6.45, 7) is 3.28. The molecule has 0 saturated carbocycles. The molecule has 0 unspecified atom stereocenters. The summed E-state index contributed by atoms with van der Waals surface area (Å²) in [5, 5.41) is 0. The van der Waals surface area contributed by atoms with Crippen molar-refractivity contribution in [3.05, 3.63) is 11.8 Å². The van der Waals surface area contributed by atoms with Gasteiger partial charge in [-0.3, -0.25) is 4.79 Å². The molecule has 13 heavy (non-hydrogen) atoms. The monoisotopic (exact) mass is 188 g/mol. The highest BCUT2D eigenvalue weighted by Crippen LogP contribution is 2.10. The van der Waals surface area contributed by atoms with Crippen molar-refractivity contribution < 1.29 is 19.0 Å². The van der Waals surface area contributed by atoms with E-state index in [9.17, 15) is 4.79 Å². The summed E-state index contributed by atoms with van der Waals surface area (Å²) >= 11 is 0. The van der Waals surface area contributed by atoms with Crippen molar-refractivity contribution in [1.82, 2.24) is 0 Å². The van der Waals surface area contributed by atoms with Crippen LogP contribution in [0, 0.1) is 0 Å². The molecule has 4 heteroatoms. The Labute approximate surface area is 78.5 Å². The third-order valence-corrected chi connectivity index (χ3v) is 1.33. The Bertz CT molecular complexity index is 182. The minimum absolute atomic E-state index is 0.376. The summed E-state index contributed by atoms with van der Waals surface area (Å²) < 4.78 is 14.8. The van der Waals surface area contributed by atoms with Gasteiger partial charge in [0.25, 0.3) is 0 Å². The molecule has 0 fully saturated rings. The van der Waals surface area contributed by atoms with Gasteiger partial charge in [0.1, 0.15) is 0 Å². The maximum Gasteiger partial charge on any atom is 0.307 e. The Hall–Kier alpha value is -0.870. The molecule has 0 atom stereocenters. The number of carbonyl (C=O) groups is 1. The van der Waals surface area contributed by atoms with Crippen LogP contribution in [0.5, 0.6) is 0 Å². The van der Waals surface area contributed by atoms with Crippen molar-refractivity contribution in [2.45, 2.75) is 26.6 Å². The number of rotatable bonds is 5. The summed E-state index contributed by atoms with van der Waals surface area (Å²) in [6.07, 6.45) is 1.90. The first-order valence-electron chi connectivity index (χ1n) is 4.09. The van der Waals surface area contributed by atoms with Gasteiger partial charge < -0.3 is 14.2 Å². The van der Waals surface area contributed by atoms with E-state index in [1.165, 1.54) is 21.1 Å². The Kier molecular flexibility index (Phi) is 6.18. The number of hydrogen-bond acceptors (Lipinski definition) is 4. The van der Waals surface area contributed by atoms with E-state index in [0.717, 1.165) is 6.42 Å². The van der Waals surface area contributed by atoms with Crippen LogP contribution >= 0.6 is 0 Å². The van der Waals surface area contributed by atoms with Crippen molar-refractivity contribution in [3.63, 3.8) is 0 Å². The van der Waals surface area contributed by atoms with Crippen LogP contribution in [0.4, 0.5) is 0 Å². The minimum atomic E-state index is -0.608. The second-order valence-electron chi connectivity index (χ2n) is 2.41. The topological polar surface area (TPSA) is 44.8 Å². The van der Waals surface area contributed by atoms with E-state index >= 15 is 0 Å². The fourth-order valence-corrected chi connectivity index (χ4v) is 0.882. The molecule has 0 aliphatic rings. The van der Waals surface area contributed by atoms with Gasteiger partial charge in [-0.25, -0.2) is 0 Å². The van der Waals surface area contributed by atoms with Gasteiger partial charge in [0, 0.05) is 21.1 Å². The molecule has 0 aliphatic heterocycles. The maximum atomic E-state index is 10.7. The van der Waals surface area contributed by atoms with Gasteiger partial charge in [-0.1, -0.05) is 6.92 Å². The molecule has 0 amide bonds. The van der Waals surface area contributed by atoms with Crippen molar-refractivity contribution in [1.29, 1.82) is 0 Å². The number of methoxy groups -OCH3 is 2. The predicted octanol–water partition coefficient (Wildman–Crippen LogP) is 1.46. The molecule has 0 bridgehead atoms. The van der Waals surface area contributed by atoms with E-state index < -0.39 is 6.29 Å². The molecule has 0 aromatic carbocycles. The summed E-state index contributed by atoms with van der Waals surface area (Å²) in [7, 11) is 2.97. The van der Waals surface area contributed by atoms with Crippen molar-refractivity contribution in [2.75, 3.05) is 14.2 Å². The van der Waals surface area contributed by atoms with Gasteiger partial charge in [0.2, 0.25) is 6.29 Å². The molecule has 0 heterocycles. The van der Waals surface area contributed by atoms with Crippen LogP contribution in [-0.2, 0) is 19.0 Å². The first-order valence-corrected chi connectivity index (χ1v) is 4.09. The number of hydrogen-bond donors (Lipinski definition) is 0. The minimum Gasteiger partial charge on any atom is -0.426 e. The molecule has 76 valence electrons. The van der Waals surface area contributed by atoms with Crippen LogP contribution in [0.3, 0.4) is 0 Å². The highest BCUT2D eigenvalue weighted by Gasteiger charge is 2.15. The van der Waals surface area contributed by atoms with Gasteiger partial charge >= 0.3 is 5.97 Å². The summed E-state index contributed by atoms with van der Waals surface area (Å²) in [6, 6.07) is 0. The van der Waals surface area contributed by atoms with Crippen LogP contribution in [0.15, 0.2) is 11.8 Å². The summed E-state index contributed by atoms with van der Waals surface area (Å²) in [5.41, 5.74) is 0. The molecule has 0 aliphatic carbocycles.